The van der Waals surface area contributed by atoms with Crippen molar-refractivity contribution < 1.29 is 27.5 Å². The molecular weight excluding hydrogens is 674 g/mol. The van der Waals surface area contributed by atoms with Gasteiger partial charge in [-0.3, -0.25) is 13.9 Å². The van der Waals surface area contributed by atoms with Crippen molar-refractivity contribution >= 4 is 39.1 Å². The second kappa shape index (κ2) is 16.9. The molecule has 264 valence electrons. The first-order chi connectivity index (χ1) is 24.1. The summed E-state index contributed by atoms with van der Waals surface area (Å²) in [6.45, 7) is 1.34. The highest BCUT2D eigenvalue weighted by Crippen LogP contribution is 2.34. The number of rotatable bonds is 14. The molecule has 4 aromatic rings. The smallest absolute Gasteiger partial charge is 0.264 e. The lowest BCUT2D eigenvalue weighted by Crippen LogP contribution is -2.55. The van der Waals surface area contributed by atoms with E-state index in [0.29, 0.717) is 16.5 Å². The molecule has 2 amide bonds. The molecule has 50 heavy (non-hydrogen) atoms. The van der Waals surface area contributed by atoms with Crippen LogP contribution in [0.15, 0.2) is 102 Å². The summed E-state index contributed by atoms with van der Waals surface area (Å²) in [7, 11) is -1.33. The second-order valence-corrected chi connectivity index (χ2v) is 14.9. The van der Waals surface area contributed by atoms with Crippen LogP contribution in [0.4, 0.5) is 5.69 Å². The van der Waals surface area contributed by atoms with Crippen LogP contribution < -0.4 is 19.1 Å². The number of nitrogens with one attached hydrogen (secondary N) is 1. The number of hydrogen-bond donors (Lipinski definition) is 1. The van der Waals surface area contributed by atoms with Gasteiger partial charge in [-0.15, -0.1) is 0 Å². The Morgan fingerprint density at radius 1 is 0.840 bits per heavy atom. The lowest BCUT2D eigenvalue weighted by atomic mass is 9.94. The lowest BCUT2D eigenvalue weighted by Gasteiger charge is -2.35. The van der Waals surface area contributed by atoms with Gasteiger partial charge in [0.1, 0.15) is 12.6 Å². The third-order valence-corrected chi connectivity index (χ3v) is 11.1. The van der Waals surface area contributed by atoms with Gasteiger partial charge in [-0.05, 0) is 67.3 Å². The maximum atomic E-state index is 14.8. The SMILES string of the molecule is COc1ccc(N(CC(=O)N(Cc2ccc(Cl)cc2)C(Cc2ccccc2)C(=O)NC2CCCCC2)S(=O)(=O)c2ccc(C)cc2)cc1OC. The number of halogens is 1. The van der Waals surface area contributed by atoms with Crippen molar-refractivity contribution in [1.29, 1.82) is 0 Å². The largest absolute Gasteiger partial charge is 0.493 e. The summed E-state index contributed by atoms with van der Waals surface area (Å²) in [5, 5.41) is 3.76. The average Bonchev–Trinajstić information content (AvgIpc) is 3.13. The molecule has 0 aliphatic heterocycles. The Morgan fingerprint density at radius 3 is 2.14 bits per heavy atom. The molecule has 1 N–H and O–H groups in total. The van der Waals surface area contributed by atoms with E-state index in [1.807, 2.05) is 37.3 Å². The van der Waals surface area contributed by atoms with E-state index in [1.165, 1.54) is 37.3 Å². The van der Waals surface area contributed by atoms with E-state index in [-0.39, 0.29) is 35.5 Å². The van der Waals surface area contributed by atoms with Gasteiger partial charge in [0.05, 0.1) is 24.8 Å². The standard InChI is InChI=1S/C39H44ClN3O6S/c1-28-14-21-34(22-15-28)50(46,47)43(33-20-23-36(48-2)37(25-33)49-3)27-38(44)42(26-30-16-18-31(40)19-17-30)35(24-29-10-6-4-7-11-29)39(45)41-32-12-8-5-9-13-32/h4,6-7,10-11,14-23,25,32,35H,5,8-9,12-13,24,26-27H2,1-3H3,(H,41,45). The minimum absolute atomic E-state index is 0.00665. The number of aryl methyl sites for hydroxylation is 1. The normalized spacial score (nSPS) is 14.0. The Hall–Kier alpha value is -4.54. The van der Waals surface area contributed by atoms with Gasteiger partial charge in [0, 0.05) is 30.1 Å². The molecule has 0 heterocycles. The molecule has 4 aromatic carbocycles. The highest BCUT2D eigenvalue weighted by molar-refractivity contribution is 7.92. The Labute approximate surface area is 300 Å². The van der Waals surface area contributed by atoms with Gasteiger partial charge in [-0.1, -0.05) is 91.0 Å². The monoisotopic (exact) mass is 717 g/mol. The van der Waals surface area contributed by atoms with Crippen LogP contribution in [-0.2, 0) is 32.6 Å². The van der Waals surface area contributed by atoms with Gasteiger partial charge in [0.25, 0.3) is 10.0 Å². The molecular formula is C39H44ClN3O6S. The zero-order chi connectivity index (χ0) is 35.7. The number of amides is 2. The van der Waals surface area contributed by atoms with Crippen molar-refractivity contribution in [3.05, 3.63) is 119 Å². The van der Waals surface area contributed by atoms with Gasteiger partial charge < -0.3 is 19.7 Å². The highest BCUT2D eigenvalue weighted by Gasteiger charge is 2.35. The summed E-state index contributed by atoms with van der Waals surface area (Å²) < 4.78 is 40.8. The molecule has 1 aliphatic carbocycles. The summed E-state index contributed by atoms with van der Waals surface area (Å²) in [5.41, 5.74) is 2.70. The van der Waals surface area contributed by atoms with Crippen molar-refractivity contribution in [2.75, 3.05) is 25.1 Å². The van der Waals surface area contributed by atoms with Crippen LogP contribution in [0.25, 0.3) is 0 Å². The summed E-state index contributed by atoms with van der Waals surface area (Å²) >= 11 is 6.20. The number of nitrogens with zero attached hydrogens (tertiary/aromatic N) is 2. The number of methoxy groups -OCH3 is 2. The van der Waals surface area contributed by atoms with Gasteiger partial charge in [0.15, 0.2) is 11.5 Å². The van der Waals surface area contributed by atoms with Gasteiger partial charge >= 0.3 is 0 Å². The topological polar surface area (TPSA) is 105 Å². The number of carbonyl (C=O) groups is 2. The van der Waals surface area contributed by atoms with Crippen molar-refractivity contribution in [1.82, 2.24) is 10.2 Å². The minimum Gasteiger partial charge on any atom is -0.493 e. The fourth-order valence-electron chi connectivity index (χ4n) is 6.23. The molecule has 0 saturated heterocycles. The average molecular weight is 718 g/mol. The quantitative estimate of drug-likeness (QED) is 0.151. The van der Waals surface area contributed by atoms with Crippen LogP contribution in [0, 0.1) is 6.92 Å². The number of ether oxygens (including phenoxy) is 2. The minimum atomic E-state index is -4.28. The van der Waals surface area contributed by atoms with E-state index in [2.05, 4.69) is 5.32 Å². The fraction of sp³-hybridized carbons (Fsp3) is 0.333. The van der Waals surface area contributed by atoms with E-state index in [4.69, 9.17) is 21.1 Å². The van der Waals surface area contributed by atoms with Crippen LogP contribution in [-0.4, -0.2) is 58.0 Å². The molecule has 9 nitrogen and oxygen atoms in total. The Bertz CT molecular complexity index is 1850. The highest BCUT2D eigenvalue weighted by atomic mass is 35.5. The fourth-order valence-corrected chi connectivity index (χ4v) is 7.76. The number of carbonyl (C=O) groups excluding carboxylic acids is 2. The molecule has 1 fully saturated rings. The van der Waals surface area contributed by atoms with Crippen molar-refractivity contribution in [2.45, 2.75) is 69.0 Å². The zero-order valence-electron chi connectivity index (χ0n) is 28.7. The van der Waals surface area contributed by atoms with Crippen molar-refractivity contribution in [2.24, 2.45) is 0 Å². The molecule has 11 heteroatoms. The number of benzene rings is 4. The third-order valence-electron chi connectivity index (χ3n) is 9.03. The van der Waals surface area contributed by atoms with E-state index in [1.54, 1.807) is 48.5 Å². The van der Waals surface area contributed by atoms with Crippen LogP contribution in [0.2, 0.25) is 5.02 Å². The van der Waals surface area contributed by atoms with Crippen molar-refractivity contribution in [3.8, 4) is 11.5 Å². The Morgan fingerprint density at radius 2 is 1.50 bits per heavy atom. The molecule has 1 unspecified atom stereocenters. The maximum Gasteiger partial charge on any atom is 0.264 e. The van der Waals surface area contributed by atoms with Gasteiger partial charge in [-0.2, -0.15) is 0 Å². The lowest BCUT2D eigenvalue weighted by molar-refractivity contribution is -0.140. The number of anilines is 1. The van der Waals surface area contributed by atoms with E-state index >= 15 is 0 Å². The Balaban J connectivity index is 1.59. The number of sulfonamides is 1. The molecule has 0 bridgehead atoms. The predicted molar refractivity (Wildman–Crippen MR) is 196 cm³/mol. The zero-order valence-corrected chi connectivity index (χ0v) is 30.3. The number of hydrogen-bond acceptors (Lipinski definition) is 6. The summed E-state index contributed by atoms with van der Waals surface area (Å²) in [6.07, 6.45) is 5.16. The molecule has 0 spiro atoms. The van der Waals surface area contributed by atoms with E-state index in [9.17, 15) is 18.0 Å². The summed E-state index contributed by atoms with van der Waals surface area (Å²) in [5.74, 6) is -0.123. The molecule has 1 aliphatic rings. The van der Waals surface area contributed by atoms with Crippen LogP contribution in [0.1, 0.15) is 48.8 Å². The maximum absolute atomic E-state index is 14.8. The molecule has 0 radical (unpaired) electrons. The van der Waals surface area contributed by atoms with Gasteiger partial charge in [-0.25, -0.2) is 8.42 Å². The van der Waals surface area contributed by atoms with E-state index in [0.717, 1.165) is 53.1 Å². The third kappa shape index (κ3) is 9.17. The first-order valence-electron chi connectivity index (χ1n) is 16.8. The van der Waals surface area contributed by atoms with Crippen LogP contribution in [0.5, 0.6) is 11.5 Å². The molecule has 0 aromatic heterocycles. The van der Waals surface area contributed by atoms with Crippen LogP contribution >= 0.6 is 11.6 Å². The molecule has 1 atom stereocenters. The van der Waals surface area contributed by atoms with E-state index < -0.39 is 28.5 Å². The summed E-state index contributed by atoms with van der Waals surface area (Å²) in [6, 6.07) is 26.8. The van der Waals surface area contributed by atoms with Gasteiger partial charge in [0.2, 0.25) is 11.8 Å². The molecule has 1 saturated carbocycles. The second-order valence-electron chi connectivity index (χ2n) is 12.6. The molecule has 5 rings (SSSR count). The van der Waals surface area contributed by atoms with Crippen molar-refractivity contribution in [3.63, 3.8) is 0 Å². The Kier molecular flexibility index (Phi) is 12.4. The van der Waals surface area contributed by atoms with Crippen LogP contribution in [0.3, 0.4) is 0 Å². The first kappa shape index (κ1) is 36.7. The summed E-state index contributed by atoms with van der Waals surface area (Å²) in [4.78, 5) is 30.6. The predicted octanol–water partition coefficient (Wildman–Crippen LogP) is 6.95. The first-order valence-corrected chi connectivity index (χ1v) is 18.6.